The summed E-state index contributed by atoms with van der Waals surface area (Å²) in [6.45, 7) is 5.25. The fourth-order valence-corrected chi connectivity index (χ4v) is 3.40. The minimum atomic E-state index is 0.300. The topological polar surface area (TPSA) is 80.2 Å². The Kier molecular flexibility index (Phi) is 7.59. The molecule has 0 bridgehead atoms. The number of benzene rings is 1. The van der Waals surface area contributed by atoms with Gasteiger partial charge in [0.25, 0.3) is 0 Å². The molecule has 1 aliphatic rings. The van der Waals surface area contributed by atoms with Crippen LogP contribution in [0.15, 0.2) is 41.5 Å². The molecule has 1 saturated heterocycles. The fraction of sp³-hybridized carbons (Fsp3) is 0.455. The Balaban J connectivity index is 1.62. The minimum absolute atomic E-state index is 0.300. The number of pyridine rings is 1. The van der Waals surface area contributed by atoms with E-state index in [1.165, 1.54) is 0 Å². The largest absolute Gasteiger partial charge is 0.497 e. The van der Waals surface area contributed by atoms with Gasteiger partial charge in [-0.05, 0) is 18.9 Å². The van der Waals surface area contributed by atoms with Gasteiger partial charge in [0.15, 0.2) is 5.96 Å². The van der Waals surface area contributed by atoms with Crippen molar-refractivity contribution in [2.75, 3.05) is 45.9 Å². The first-order valence-corrected chi connectivity index (χ1v) is 10.2. The van der Waals surface area contributed by atoms with Crippen LogP contribution in [0.1, 0.15) is 18.9 Å². The van der Waals surface area contributed by atoms with Crippen LogP contribution in [0.5, 0.6) is 17.4 Å². The zero-order valence-electron chi connectivity index (χ0n) is 18.1. The molecule has 30 heavy (non-hydrogen) atoms. The molecule has 2 N–H and O–H groups in total. The highest BCUT2D eigenvalue weighted by molar-refractivity contribution is 5.80. The third-order valence-corrected chi connectivity index (χ3v) is 5.00. The Morgan fingerprint density at radius 3 is 2.50 bits per heavy atom. The third-order valence-electron chi connectivity index (χ3n) is 5.00. The summed E-state index contributed by atoms with van der Waals surface area (Å²) in [5, 5.41) is 6.88. The second kappa shape index (κ2) is 10.6. The van der Waals surface area contributed by atoms with Crippen molar-refractivity contribution in [3.8, 4) is 17.4 Å². The van der Waals surface area contributed by atoms with Gasteiger partial charge >= 0.3 is 0 Å². The lowest BCUT2D eigenvalue weighted by Crippen LogP contribution is -2.44. The van der Waals surface area contributed by atoms with Crippen molar-refractivity contribution >= 4 is 11.6 Å². The summed E-state index contributed by atoms with van der Waals surface area (Å²) in [7, 11) is 4.95. The van der Waals surface area contributed by atoms with Crippen LogP contribution in [0.2, 0.25) is 0 Å². The molecule has 1 aromatic carbocycles. The average Bonchev–Trinajstić information content (AvgIpc) is 3.26. The second-order valence-electron chi connectivity index (χ2n) is 7.05. The van der Waals surface area contributed by atoms with Crippen molar-refractivity contribution < 1.29 is 14.2 Å². The van der Waals surface area contributed by atoms with Crippen LogP contribution in [0.25, 0.3) is 0 Å². The minimum Gasteiger partial charge on any atom is -0.497 e. The van der Waals surface area contributed by atoms with E-state index in [1.54, 1.807) is 27.5 Å². The van der Waals surface area contributed by atoms with E-state index in [9.17, 15) is 0 Å². The SMILES string of the molecule is CCNC(=NCc1ccc(OC)nc1)NC1CCN(c2cc(OC)cc(OC)c2)C1. The number of rotatable bonds is 8. The van der Waals surface area contributed by atoms with Gasteiger partial charge in [-0.15, -0.1) is 0 Å². The van der Waals surface area contributed by atoms with E-state index in [4.69, 9.17) is 19.2 Å². The number of aromatic nitrogens is 1. The van der Waals surface area contributed by atoms with Gasteiger partial charge in [-0.2, -0.15) is 0 Å². The van der Waals surface area contributed by atoms with Gasteiger partial charge in [0.2, 0.25) is 5.88 Å². The van der Waals surface area contributed by atoms with Gasteiger partial charge in [0, 0.05) is 61.8 Å². The van der Waals surface area contributed by atoms with Gasteiger partial charge in [-0.1, -0.05) is 6.07 Å². The normalized spacial score (nSPS) is 16.3. The fourth-order valence-electron chi connectivity index (χ4n) is 3.40. The summed E-state index contributed by atoms with van der Waals surface area (Å²) in [5.74, 6) is 3.00. The molecule has 0 spiro atoms. The van der Waals surface area contributed by atoms with E-state index < -0.39 is 0 Å². The van der Waals surface area contributed by atoms with Crippen molar-refractivity contribution in [3.63, 3.8) is 0 Å². The summed E-state index contributed by atoms with van der Waals surface area (Å²) < 4.78 is 15.9. The number of nitrogens with one attached hydrogen (secondary N) is 2. The molecule has 1 aromatic heterocycles. The standard InChI is InChI=1S/C22H31N5O3/c1-5-23-22(25-14-16-6-7-21(30-4)24-13-16)26-17-8-9-27(15-17)18-10-19(28-2)12-20(11-18)29-3/h6-7,10-13,17H,5,8-9,14-15H2,1-4H3,(H2,23,25,26). The van der Waals surface area contributed by atoms with Crippen LogP contribution in [-0.4, -0.2) is 57.9 Å². The van der Waals surface area contributed by atoms with Crippen LogP contribution >= 0.6 is 0 Å². The Labute approximate surface area is 178 Å². The molecule has 1 fully saturated rings. The summed E-state index contributed by atoms with van der Waals surface area (Å²) in [6, 6.07) is 10.1. The van der Waals surface area contributed by atoms with Gasteiger partial charge < -0.3 is 29.7 Å². The lowest BCUT2D eigenvalue weighted by atomic mass is 10.2. The zero-order valence-corrected chi connectivity index (χ0v) is 18.1. The third kappa shape index (κ3) is 5.68. The Morgan fingerprint density at radius 1 is 1.13 bits per heavy atom. The first-order chi connectivity index (χ1) is 14.6. The van der Waals surface area contributed by atoms with E-state index >= 15 is 0 Å². The highest BCUT2D eigenvalue weighted by atomic mass is 16.5. The van der Waals surface area contributed by atoms with Crippen molar-refractivity contribution in [1.29, 1.82) is 0 Å². The Hall–Kier alpha value is -3.16. The van der Waals surface area contributed by atoms with E-state index in [1.807, 2.05) is 30.3 Å². The van der Waals surface area contributed by atoms with Gasteiger partial charge in [0.1, 0.15) is 11.5 Å². The maximum Gasteiger partial charge on any atom is 0.212 e. The Morgan fingerprint density at radius 2 is 1.90 bits per heavy atom. The summed E-state index contributed by atoms with van der Waals surface area (Å²) >= 11 is 0. The molecular formula is C22H31N5O3. The molecule has 0 aliphatic carbocycles. The number of ether oxygens (including phenoxy) is 3. The lowest BCUT2D eigenvalue weighted by Gasteiger charge is -2.21. The van der Waals surface area contributed by atoms with E-state index in [-0.39, 0.29) is 0 Å². The van der Waals surface area contributed by atoms with Crippen LogP contribution in [0, 0.1) is 0 Å². The number of anilines is 1. The van der Waals surface area contributed by atoms with Crippen LogP contribution in [-0.2, 0) is 6.54 Å². The van der Waals surface area contributed by atoms with Crippen molar-refractivity contribution in [3.05, 3.63) is 42.1 Å². The molecule has 2 aromatic rings. The van der Waals surface area contributed by atoms with E-state index in [0.29, 0.717) is 18.5 Å². The number of methoxy groups -OCH3 is 3. The van der Waals surface area contributed by atoms with Gasteiger partial charge in [-0.25, -0.2) is 9.98 Å². The number of nitrogens with zero attached hydrogens (tertiary/aromatic N) is 3. The second-order valence-corrected chi connectivity index (χ2v) is 7.05. The van der Waals surface area contributed by atoms with Crippen molar-refractivity contribution in [2.45, 2.75) is 25.9 Å². The predicted octanol–water partition coefficient (Wildman–Crippen LogP) is 2.44. The van der Waals surface area contributed by atoms with E-state index in [2.05, 4.69) is 27.4 Å². The zero-order chi connectivity index (χ0) is 21.3. The number of aliphatic imine (C=N–C) groups is 1. The monoisotopic (exact) mass is 413 g/mol. The molecular weight excluding hydrogens is 382 g/mol. The highest BCUT2D eigenvalue weighted by Gasteiger charge is 2.24. The molecule has 0 radical (unpaired) electrons. The molecule has 0 saturated carbocycles. The first-order valence-electron chi connectivity index (χ1n) is 10.2. The molecule has 162 valence electrons. The molecule has 1 aliphatic heterocycles. The van der Waals surface area contributed by atoms with Crippen LogP contribution < -0.4 is 29.7 Å². The summed E-state index contributed by atoms with van der Waals surface area (Å²) in [5.41, 5.74) is 2.13. The smallest absolute Gasteiger partial charge is 0.212 e. The number of guanidine groups is 1. The van der Waals surface area contributed by atoms with Gasteiger partial charge in [-0.3, -0.25) is 0 Å². The molecule has 1 atom stereocenters. The highest BCUT2D eigenvalue weighted by Crippen LogP contribution is 2.30. The molecule has 8 nitrogen and oxygen atoms in total. The Bertz CT molecular complexity index is 819. The molecule has 1 unspecified atom stereocenters. The maximum atomic E-state index is 5.40. The van der Waals surface area contributed by atoms with Crippen LogP contribution in [0.4, 0.5) is 5.69 Å². The predicted molar refractivity (Wildman–Crippen MR) is 119 cm³/mol. The summed E-state index contributed by atoms with van der Waals surface area (Å²) in [6.07, 6.45) is 2.81. The van der Waals surface area contributed by atoms with Crippen molar-refractivity contribution in [1.82, 2.24) is 15.6 Å². The van der Waals surface area contributed by atoms with E-state index in [0.717, 1.165) is 54.8 Å². The molecule has 3 rings (SSSR count). The maximum absolute atomic E-state index is 5.40. The summed E-state index contributed by atoms with van der Waals surface area (Å²) in [4.78, 5) is 11.3. The van der Waals surface area contributed by atoms with Crippen LogP contribution in [0.3, 0.4) is 0 Å². The van der Waals surface area contributed by atoms with Gasteiger partial charge in [0.05, 0.1) is 27.9 Å². The van der Waals surface area contributed by atoms with Crippen molar-refractivity contribution in [2.24, 2.45) is 4.99 Å². The molecule has 2 heterocycles. The number of hydrogen-bond donors (Lipinski definition) is 2. The average molecular weight is 414 g/mol. The molecule has 0 amide bonds. The first kappa shape index (κ1) is 21.5. The lowest BCUT2D eigenvalue weighted by molar-refractivity contribution is 0.394. The number of hydrogen-bond acceptors (Lipinski definition) is 6. The quantitative estimate of drug-likeness (QED) is 0.508. The molecule has 8 heteroatoms.